The smallest absolute Gasteiger partial charge is 0.407 e. The van der Waals surface area contributed by atoms with Gasteiger partial charge in [0.2, 0.25) is 5.91 Å². The lowest BCUT2D eigenvalue weighted by Crippen LogP contribution is -2.17. The zero-order valence-electron chi connectivity index (χ0n) is 15.6. The Morgan fingerprint density at radius 1 is 1.23 bits per heavy atom. The molecule has 0 bridgehead atoms. The number of fused-ring (bicyclic) bond motifs is 1. The first-order chi connectivity index (χ1) is 14.5. The van der Waals surface area contributed by atoms with Crippen LogP contribution in [0.4, 0.5) is 11.4 Å². The number of para-hydroxylation sites is 2. The first kappa shape index (κ1) is 19.1. The Morgan fingerprint density at radius 2 is 2.07 bits per heavy atom. The molecular weight excluding hydrogens is 392 g/mol. The van der Waals surface area contributed by atoms with E-state index in [0.29, 0.717) is 23.3 Å². The van der Waals surface area contributed by atoms with Gasteiger partial charge in [0.25, 0.3) is 5.69 Å². The van der Waals surface area contributed by atoms with Crippen molar-refractivity contribution in [3.63, 3.8) is 0 Å². The molecule has 2 aromatic heterocycles. The fraction of sp³-hybridized carbons (Fsp3) is 0.158. The number of aromatic nitrogens is 4. The van der Waals surface area contributed by atoms with Gasteiger partial charge in [0.05, 0.1) is 40.3 Å². The standard InChI is InChI=1S/C19H16N6O5/c26-18(21-14-4-1-2-5-15(14)24-11-9-20-22-24)6-3-10-23-16-8-7-13(25(28)29)12-17(16)30-19(23)27/h1-2,4-5,7-9,11-12H,3,6,10H2,(H,21,26). The van der Waals surface area contributed by atoms with Crippen molar-refractivity contribution in [2.24, 2.45) is 0 Å². The second-order valence-corrected chi connectivity index (χ2v) is 6.45. The quantitative estimate of drug-likeness (QED) is 0.366. The Labute approximate surface area is 168 Å². The molecule has 152 valence electrons. The van der Waals surface area contributed by atoms with Crippen molar-refractivity contribution >= 4 is 28.4 Å². The molecule has 11 heteroatoms. The van der Waals surface area contributed by atoms with Gasteiger partial charge in [-0.05, 0) is 24.6 Å². The number of carbonyl (C=O) groups excluding carboxylic acids is 1. The molecule has 11 nitrogen and oxygen atoms in total. The minimum atomic E-state index is -0.623. The van der Waals surface area contributed by atoms with Gasteiger partial charge in [-0.2, -0.15) is 0 Å². The van der Waals surface area contributed by atoms with E-state index in [1.165, 1.54) is 22.8 Å². The summed E-state index contributed by atoms with van der Waals surface area (Å²) in [6.07, 6.45) is 3.76. The predicted molar refractivity (Wildman–Crippen MR) is 106 cm³/mol. The Morgan fingerprint density at radius 3 is 2.83 bits per heavy atom. The predicted octanol–water partition coefficient (Wildman–Crippen LogP) is 2.50. The van der Waals surface area contributed by atoms with E-state index in [9.17, 15) is 19.7 Å². The largest absolute Gasteiger partial charge is 0.419 e. The summed E-state index contributed by atoms with van der Waals surface area (Å²) in [7, 11) is 0. The lowest BCUT2D eigenvalue weighted by Gasteiger charge is -2.10. The van der Waals surface area contributed by atoms with E-state index in [4.69, 9.17) is 4.42 Å². The number of anilines is 1. The number of nitro benzene ring substituents is 1. The zero-order chi connectivity index (χ0) is 21.1. The van der Waals surface area contributed by atoms with Crippen LogP contribution in [0.1, 0.15) is 12.8 Å². The van der Waals surface area contributed by atoms with Gasteiger partial charge < -0.3 is 9.73 Å². The maximum atomic E-state index is 12.4. The van der Waals surface area contributed by atoms with E-state index in [1.807, 2.05) is 6.07 Å². The van der Waals surface area contributed by atoms with Crippen LogP contribution >= 0.6 is 0 Å². The minimum Gasteiger partial charge on any atom is -0.407 e. The van der Waals surface area contributed by atoms with Crippen LogP contribution in [0.3, 0.4) is 0 Å². The van der Waals surface area contributed by atoms with Crippen molar-refractivity contribution in [3.8, 4) is 5.69 Å². The third-order valence-electron chi connectivity index (χ3n) is 4.50. The molecule has 2 aromatic carbocycles. The number of nitrogens with one attached hydrogen (secondary N) is 1. The highest BCUT2D eigenvalue weighted by Gasteiger charge is 2.15. The number of hydrogen-bond acceptors (Lipinski definition) is 7. The summed E-state index contributed by atoms with van der Waals surface area (Å²) < 4.78 is 7.99. The average Bonchev–Trinajstić information content (AvgIpc) is 3.36. The maximum Gasteiger partial charge on any atom is 0.419 e. The molecule has 0 radical (unpaired) electrons. The molecular formula is C19H16N6O5. The summed E-state index contributed by atoms with van der Waals surface area (Å²) in [6.45, 7) is 0.238. The number of nitrogens with zero attached hydrogens (tertiary/aromatic N) is 5. The topological polar surface area (TPSA) is 138 Å². The number of nitro groups is 1. The number of hydrogen-bond donors (Lipinski definition) is 1. The Kier molecular flexibility index (Phi) is 5.08. The van der Waals surface area contributed by atoms with Crippen LogP contribution in [0.2, 0.25) is 0 Å². The number of benzene rings is 2. The van der Waals surface area contributed by atoms with Gasteiger partial charge in [0.1, 0.15) is 0 Å². The molecule has 2 heterocycles. The molecule has 1 N–H and O–H groups in total. The van der Waals surface area contributed by atoms with E-state index < -0.39 is 10.7 Å². The minimum absolute atomic E-state index is 0.139. The normalized spacial score (nSPS) is 10.9. The molecule has 0 fully saturated rings. The molecule has 4 rings (SSSR count). The lowest BCUT2D eigenvalue weighted by molar-refractivity contribution is -0.384. The highest BCUT2D eigenvalue weighted by Crippen LogP contribution is 2.21. The van der Waals surface area contributed by atoms with Crippen LogP contribution in [0.15, 0.2) is 64.1 Å². The fourth-order valence-electron chi connectivity index (χ4n) is 3.11. The highest BCUT2D eigenvalue weighted by molar-refractivity contribution is 5.92. The van der Waals surface area contributed by atoms with E-state index in [1.54, 1.807) is 35.3 Å². The van der Waals surface area contributed by atoms with Crippen LogP contribution in [-0.2, 0) is 11.3 Å². The number of amides is 1. The zero-order valence-corrected chi connectivity index (χ0v) is 15.6. The van der Waals surface area contributed by atoms with Gasteiger partial charge in [-0.1, -0.05) is 17.3 Å². The number of non-ortho nitro benzene ring substituents is 1. The summed E-state index contributed by atoms with van der Waals surface area (Å²) in [5.74, 6) is -0.846. The van der Waals surface area contributed by atoms with Gasteiger partial charge >= 0.3 is 5.76 Å². The van der Waals surface area contributed by atoms with Gasteiger partial charge in [0, 0.05) is 19.0 Å². The lowest BCUT2D eigenvalue weighted by atomic mass is 10.2. The van der Waals surface area contributed by atoms with Gasteiger partial charge in [-0.3, -0.25) is 19.5 Å². The summed E-state index contributed by atoms with van der Waals surface area (Å²) in [4.78, 5) is 34.8. The molecule has 0 saturated heterocycles. The van der Waals surface area contributed by atoms with Gasteiger partial charge in [0.15, 0.2) is 5.58 Å². The second kappa shape index (κ2) is 7.99. The molecule has 30 heavy (non-hydrogen) atoms. The van der Waals surface area contributed by atoms with Crippen LogP contribution in [0.25, 0.3) is 16.8 Å². The molecule has 0 atom stereocenters. The van der Waals surface area contributed by atoms with Crippen molar-refractivity contribution in [1.29, 1.82) is 0 Å². The van der Waals surface area contributed by atoms with Crippen molar-refractivity contribution in [1.82, 2.24) is 19.6 Å². The molecule has 1 amide bonds. The fourth-order valence-corrected chi connectivity index (χ4v) is 3.11. The van der Waals surface area contributed by atoms with Gasteiger partial charge in [-0.15, -0.1) is 5.10 Å². The molecule has 0 aliphatic heterocycles. The second-order valence-electron chi connectivity index (χ2n) is 6.45. The van der Waals surface area contributed by atoms with Crippen LogP contribution < -0.4 is 11.1 Å². The van der Waals surface area contributed by atoms with Gasteiger partial charge in [-0.25, -0.2) is 9.48 Å². The van der Waals surface area contributed by atoms with Crippen LogP contribution in [-0.4, -0.2) is 30.4 Å². The Balaban J connectivity index is 1.42. The number of aryl methyl sites for hydroxylation is 1. The Bertz CT molecular complexity index is 1270. The third kappa shape index (κ3) is 3.81. The molecule has 0 aliphatic carbocycles. The number of rotatable bonds is 7. The van der Waals surface area contributed by atoms with E-state index in [2.05, 4.69) is 15.6 Å². The van der Waals surface area contributed by atoms with Crippen molar-refractivity contribution < 1.29 is 14.1 Å². The first-order valence-corrected chi connectivity index (χ1v) is 9.06. The van der Waals surface area contributed by atoms with Crippen molar-refractivity contribution in [2.75, 3.05) is 5.32 Å². The summed E-state index contributed by atoms with van der Waals surface area (Å²) in [6, 6.07) is 11.2. The maximum absolute atomic E-state index is 12.4. The van der Waals surface area contributed by atoms with Crippen molar-refractivity contribution in [3.05, 3.63) is 75.5 Å². The number of oxazole rings is 1. The molecule has 0 aliphatic rings. The Hall–Kier alpha value is -4.28. The average molecular weight is 408 g/mol. The molecule has 0 spiro atoms. The summed E-state index contributed by atoms with van der Waals surface area (Å²) in [5.41, 5.74) is 1.70. The van der Waals surface area contributed by atoms with Crippen molar-refractivity contribution in [2.45, 2.75) is 19.4 Å². The molecule has 0 saturated carbocycles. The molecule has 4 aromatic rings. The first-order valence-electron chi connectivity index (χ1n) is 9.06. The SMILES string of the molecule is O=C(CCCn1c(=O)oc2cc([N+](=O)[O-])ccc21)Nc1ccccc1-n1ccnn1. The number of carbonyl (C=O) groups is 1. The van der Waals surface area contributed by atoms with Crippen LogP contribution in [0.5, 0.6) is 0 Å². The summed E-state index contributed by atoms with van der Waals surface area (Å²) >= 11 is 0. The highest BCUT2D eigenvalue weighted by atomic mass is 16.6. The van der Waals surface area contributed by atoms with E-state index in [0.717, 1.165) is 0 Å². The monoisotopic (exact) mass is 408 g/mol. The third-order valence-corrected chi connectivity index (χ3v) is 4.50. The van der Waals surface area contributed by atoms with E-state index >= 15 is 0 Å². The van der Waals surface area contributed by atoms with Crippen LogP contribution in [0, 0.1) is 10.1 Å². The van der Waals surface area contributed by atoms with E-state index in [-0.39, 0.29) is 30.1 Å². The molecule has 0 unspecified atom stereocenters. The summed E-state index contributed by atoms with van der Waals surface area (Å²) in [5, 5.41) is 21.4.